The highest BCUT2D eigenvalue weighted by Gasteiger charge is 2.23. The molecule has 8 heteroatoms. The maximum absolute atomic E-state index is 13.6. The molecule has 21 heavy (non-hydrogen) atoms. The van der Waals surface area contributed by atoms with Crippen LogP contribution in [0.1, 0.15) is 17.2 Å². The summed E-state index contributed by atoms with van der Waals surface area (Å²) in [7, 11) is 0. The molecule has 2 aromatic heterocycles. The van der Waals surface area contributed by atoms with E-state index in [4.69, 9.17) is 23.2 Å². The number of halogens is 4. The van der Waals surface area contributed by atoms with Gasteiger partial charge in [-0.2, -0.15) is 0 Å². The largest absolute Gasteiger partial charge is 0.383 e. The van der Waals surface area contributed by atoms with E-state index in [1.165, 1.54) is 12.3 Å². The van der Waals surface area contributed by atoms with E-state index in [2.05, 4.69) is 30.9 Å². The zero-order valence-electron chi connectivity index (χ0n) is 10.2. The second kappa shape index (κ2) is 5.53. The molecule has 1 unspecified atom stereocenters. The number of aromatic amines is 1. The van der Waals surface area contributed by atoms with Gasteiger partial charge in [-0.05, 0) is 28.1 Å². The van der Waals surface area contributed by atoms with Crippen LogP contribution in [0, 0.1) is 5.82 Å². The minimum Gasteiger partial charge on any atom is -0.383 e. The molecule has 0 aliphatic carbocycles. The number of hydrogen-bond donors (Lipinski definition) is 2. The van der Waals surface area contributed by atoms with E-state index >= 15 is 0 Å². The zero-order valence-corrected chi connectivity index (χ0v) is 13.3. The predicted molar refractivity (Wildman–Crippen MR) is 82.1 cm³/mol. The highest BCUT2D eigenvalue weighted by atomic mass is 79.9. The van der Waals surface area contributed by atoms with Crippen molar-refractivity contribution in [1.82, 2.24) is 15.0 Å². The van der Waals surface area contributed by atoms with Crippen LogP contribution in [-0.2, 0) is 0 Å². The van der Waals surface area contributed by atoms with Gasteiger partial charge in [-0.25, -0.2) is 14.4 Å². The number of aromatic nitrogens is 3. The van der Waals surface area contributed by atoms with Crippen molar-refractivity contribution in [1.29, 1.82) is 0 Å². The SMILES string of the molecule is OC(c1c(Cl)ccc(F)c1Cl)c1c[nH]c2ncc(Br)nc12. The number of hydrogen-bond acceptors (Lipinski definition) is 3. The van der Waals surface area contributed by atoms with Crippen molar-refractivity contribution in [3.05, 3.63) is 56.1 Å². The zero-order chi connectivity index (χ0) is 15.1. The number of aliphatic hydroxyl groups is 1. The van der Waals surface area contributed by atoms with Crippen molar-refractivity contribution in [2.45, 2.75) is 6.10 Å². The minimum atomic E-state index is -1.22. The number of fused-ring (bicyclic) bond motifs is 1. The lowest BCUT2D eigenvalue weighted by molar-refractivity contribution is 0.221. The Morgan fingerprint density at radius 3 is 2.86 bits per heavy atom. The van der Waals surface area contributed by atoms with Crippen LogP contribution in [0.15, 0.2) is 29.1 Å². The summed E-state index contributed by atoms with van der Waals surface area (Å²) < 4.78 is 14.1. The van der Waals surface area contributed by atoms with Crippen LogP contribution in [-0.4, -0.2) is 20.1 Å². The fourth-order valence-electron chi connectivity index (χ4n) is 2.05. The predicted octanol–water partition coefficient (Wildman–Crippen LogP) is 4.25. The van der Waals surface area contributed by atoms with Crippen LogP contribution >= 0.6 is 39.1 Å². The first-order valence-corrected chi connectivity index (χ1v) is 7.35. The van der Waals surface area contributed by atoms with Gasteiger partial charge >= 0.3 is 0 Å². The van der Waals surface area contributed by atoms with Crippen molar-refractivity contribution >= 4 is 50.3 Å². The van der Waals surface area contributed by atoms with Gasteiger partial charge in [-0.15, -0.1) is 0 Å². The van der Waals surface area contributed by atoms with Crippen LogP contribution < -0.4 is 0 Å². The Balaban J connectivity index is 2.19. The molecule has 1 atom stereocenters. The van der Waals surface area contributed by atoms with Gasteiger partial charge in [0, 0.05) is 22.3 Å². The number of H-pyrrole nitrogens is 1. The van der Waals surface area contributed by atoms with E-state index in [1.54, 1.807) is 6.20 Å². The molecule has 0 fully saturated rings. The van der Waals surface area contributed by atoms with E-state index in [0.29, 0.717) is 21.3 Å². The Bertz CT molecular complexity index is 840. The van der Waals surface area contributed by atoms with Gasteiger partial charge < -0.3 is 10.1 Å². The number of nitrogens with one attached hydrogen (secondary N) is 1. The Morgan fingerprint density at radius 2 is 2.10 bits per heavy atom. The number of nitrogens with zero attached hydrogens (tertiary/aromatic N) is 2. The molecular weight excluding hydrogens is 384 g/mol. The van der Waals surface area contributed by atoms with Crippen LogP contribution in [0.25, 0.3) is 11.2 Å². The maximum Gasteiger partial charge on any atom is 0.156 e. The molecule has 0 aliphatic rings. The third-order valence-corrected chi connectivity index (χ3v) is 4.12. The molecule has 0 aliphatic heterocycles. The van der Waals surface area contributed by atoms with Crippen LogP contribution in [0.5, 0.6) is 0 Å². The van der Waals surface area contributed by atoms with Gasteiger partial charge in [0.15, 0.2) is 5.65 Å². The van der Waals surface area contributed by atoms with Gasteiger partial charge in [0.05, 0.1) is 11.2 Å². The molecule has 4 nitrogen and oxygen atoms in total. The lowest BCUT2D eigenvalue weighted by Crippen LogP contribution is -2.03. The third kappa shape index (κ3) is 2.53. The van der Waals surface area contributed by atoms with E-state index in [-0.39, 0.29) is 15.6 Å². The molecule has 1 aromatic carbocycles. The molecule has 0 bridgehead atoms. The summed E-state index contributed by atoms with van der Waals surface area (Å²) in [5.41, 5.74) is 1.46. The Hall–Kier alpha value is -1.21. The molecule has 0 saturated heterocycles. The third-order valence-electron chi connectivity index (χ3n) is 3.03. The van der Waals surface area contributed by atoms with Crippen LogP contribution in [0.4, 0.5) is 4.39 Å². The minimum absolute atomic E-state index is 0.0982. The monoisotopic (exact) mass is 389 g/mol. The van der Waals surface area contributed by atoms with E-state index in [1.807, 2.05) is 0 Å². The van der Waals surface area contributed by atoms with Gasteiger partial charge in [-0.1, -0.05) is 23.2 Å². The van der Waals surface area contributed by atoms with Crippen molar-refractivity contribution < 1.29 is 9.50 Å². The molecular formula is C13H7BrCl2FN3O. The molecule has 0 saturated carbocycles. The average molecular weight is 391 g/mol. The molecule has 0 amide bonds. The summed E-state index contributed by atoms with van der Waals surface area (Å²) in [6.45, 7) is 0. The second-order valence-corrected chi connectivity index (χ2v) is 5.89. The van der Waals surface area contributed by atoms with E-state index in [9.17, 15) is 9.50 Å². The number of rotatable bonds is 2. The van der Waals surface area contributed by atoms with Crippen molar-refractivity contribution in [2.75, 3.05) is 0 Å². The standard InChI is InChI=1S/C13H7BrCl2FN3O/c14-8-4-19-13-11(20-8)5(3-18-13)12(21)9-6(15)1-2-7(17)10(9)16/h1-4,12,21H,(H,18,19). The molecule has 3 rings (SSSR count). The topological polar surface area (TPSA) is 61.8 Å². The molecule has 0 radical (unpaired) electrons. The molecule has 2 heterocycles. The highest BCUT2D eigenvalue weighted by Crippen LogP contribution is 2.37. The van der Waals surface area contributed by atoms with Crippen LogP contribution in [0.2, 0.25) is 10.0 Å². The Kier molecular flexibility index (Phi) is 3.88. The second-order valence-electron chi connectivity index (χ2n) is 4.29. The average Bonchev–Trinajstić information content (AvgIpc) is 2.86. The summed E-state index contributed by atoms with van der Waals surface area (Å²) in [6, 6.07) is 2.49. The Morgan fingerprint density at radius 1 is 1.33 bits per heavy atom. The molecule has 2 N–H and O–H groups in total. The van der Waals surface area contributed by atoms with Crippen molar-refractivity contribution in [3.8, 4) is 0 Å². The first-order chi connectivity index (χ1) is 9.99. The van der Waals surface area contributed by atoms with Gasteiger partial charge in [0.2, 0.25) is 0 Å². The van der Waals surface area contributed by atoms with E-state index < -0.39 is 11.9 Å². The summed E-state index contributed by atoms with van der Waals surface area (Å²) in [5, 5.41) is 10.5. The molecule has 108 valence electrons. The summed E-state index contributed by atoms with van der Waals surface area (Å²) in [6.07, 6.45) is 1.84. The highest BCUT2D eigenvalue weighted by molar-refractivity contribution is 9.10. The summed E-state index contributed by atoms with van der Waals surface area (Å²) in [4.78, 5) is 11.3. The summed E-state index contributed by atoms with van der Waals surface area (Å²) >= 11 is 15.2. The molecule has 0 spiro atoms. The lowest BCUT2D eigenvalue weighted by atomic mass is 10.0. The normalized spacial score (nSPS) is 12.8. The molecule has 3 aromatic rings. The fraction of sp³-hybridized carbons (Fsp3) is 0.0769. The van der Waals surface area contributed by atoms with Crippen molar-refractivity contribution in [2.24, 2.45) is 0 Å². The van der Waals surface area contributed by atoms with Crippen molar-refractivity contribution in [3.63, 3.8) is 0 Å². The van der Waals surface area contributed by atoms with Gasteiger partial charge in [0.25, 0.3) is 0 Å². The first-order valence-electron chi connectivity index (χ1n) is 5.80. The fourth-order valence-corrected chi connectivity index (χ4v) is 2.90. The lowest BCUT2D eigenvalue weighted by Gasteiger charge is -2.14. The first kappa shape index (κ1) is 14.7. The maximum atomic E-state index is 13.6. The van der Waals surface area contributed by atoms with Gasteiger partial charge in [0.1, 0.15) is 22.0 Å². The smallest absolute Gasteiger partial charge is 0.156 e. The van der Waals surface area contributed by atoms with Gasteiger partial charge in [-0.3, -0.25) is 0 Å². The summed E-state index contributed by atoms with van der Waals surface area (Å²) in [5.74, 6) is -0.651. The van der Waals surface area contributed by atoms with Crippen LogP contribution in [0.3, 0.4) is 0 Å². The number of benzene rings is 1. The Labute approximate surface area is 137 Å². The number of aliphatic hydroxyl groups excluding tert-OH is 1. The van der Waals surface area contributed by atoms with E-state index in [0.717, 1.165) is 6.07 Å². The quantitative estimate of drug-likeness (QED) is 0.643.